The summed E-state index contributed by atoms with van der Waals surface area (Å²) in [7, 11) is -1.23. The minimum atomic E-state index is -1.23. The number of aromatic nitrogens is 2. The van der Waals surface area contributed by atoms with Crippen molar-refractivity contribution < 1.29 is 28.9 Å². The molecule has 0 spiro atoms. The Kier molecular flexibility index (Phi) is 9.70. The molecule has 0 N–H and O–H groups in total. The first-order valence-corrected chi connectivity index (χ1v) is 18.3. The molecule has 1 aliphatic rings. The van der Waals surface area contributed by atoms with Gasteiger partial charge in [0.2, 0.25) is 0 Å². The van der Waals surface area contributed by atoms with Gasteiger partial charge in [0, 0.05) is 31.7 Å². The molecule has 221 valence electrons. The Morgan fingerprint density at radius 1 is 0.814 bits per heavy atom. The first-order chi connectivity index (χ1) is 20.3. The summed E-state index contributed by atoms with van der Waals surface area (Å²) >= 11 is 0. The number of nitrogens with zero attached hydrogens (tertiary/aromatic N) is 2. The van der Waals surface area contributed by atoms with Crippen molar-refractivity contribution in [1.82, 2.24) is 9.97 Å². The summed E-state index contributed by atoms with van der Waals surface area (Å²) in [4.78, 5) is 8.84. The summed E-state index contributed by atoms with van der Waals surface area (Å²) in [6.45, 7) is 7.00. The molecule has 6 aromatic rings. The number of furan rings is 1. The van der Waals surface area contributed by atoms with Crippen LogP contribution in [0.15, 0.2) is 95.7 Å². The van der Waals surface area contributed by atoms with Crippen LogP contribution in [0.2, 0.25) is 19.6 Å². The fraction of sp³-hybridized carbons (Fsp3) is 0.243. The zero-order chi connectivity index (χ0) is 29.1. The molecule has 3 nitrogen and oxygen atoms in total. The van der Waals surface area contributed by atoms with E-state index in [1.165, 1.54) is 37.1 Å². The molecule has 3 heterocycles. The number of hydrogen-bond donors (Lipinski definition) is 0. The van der Waals surface area contributed by atoms with E-state index in [4.69, 9.17) is 4.42 Å². The fourth-order valence-corrected chi connectivity index (χ4v) is 6.71. The number of pyridine rings is 2. The summed E-state index contributed by atoms with van der Waals surface area (Å²) in [5.74, 6) is 0.402. The molecule has 1 radical (unpaired) electrons. The van der Waals surface area contributed by atoms with Gasteiger partial charge >= 0.3 is 0 Å². The number of hydrogen-bond acceptors (Lipinski definition) is 3. The average molecular weight is 763 g/mol. The first-order valence-electron chi connectivity index (χ1n) is 14.8. The maximum absolute atomic E-state index is 14.3. The average Bonchev–Trinajstić information content (AvgIpc) is 3.66. The van der Waals surface area contributed by atoms with Gasteiger partial charge < -0.3 is 14.4 Å². The van der Waals surface area contributed by atoms with Crippen molar-refractivity contribution >= 4 is 35.2 Å². The van der Waals surface area contributed by atoms with Gasteiger partial charge in [0.1, 0.15) is 11.4 Å². The van der Waals surface area contributed by atoms with Gasteiger partial charge in [-0.1, -0.05) is 87.1 Å². The van der Waals surface area contributed by atoms with E-state index in [1.807, 2.05) is 66.9 Å². The van der Waals surface area contributed by atoms with E-state index in [1.54, 1.807) is 0 Å². The van der Waals surface area contributed by atoms with Gasteiger partial charge in [0.25, 0.3) is 0 Å². The van der Waals surface area contributed by atoms with E-state index in [2.05, 4.69) is 59.9 Å². The molecule has 1 fully saturated rings. The summed E-state index contributed by atoms with van der Waals surface area (Å²) < 4.78 is 20.1. The Labute approximate surface area is 268 Å². The van der Waals surface area contributed by atoms with E-state index in [9.17, 15) is 4.39 Å². The van der Waals surface area contributed by atoms with Gasteiger partial charge in [-0.3, -0.25) is 0 Å². The normalized spacial score (nSPS) is 13.5. The number of para-hydroxylation sites is 1. The standard InChI is InChI=1S/C23H19FNO.C14H16NSi.Ir/c24-20-14-25-21(13-17(20)11-15-5-1-2-6-15)16-9-10-23-19(12-16)18-7-3-4-8-22(18)26-23;1-16(2,3)13-9-10-14(15-11-13)12-7-5-4-6-8-12;/h3-4,7-8,10,12-15H,1-2,5-6,11H2;4-7,9-11H,1-3H3;/q2*-1;. The quantitative estimate of drug-likeness (QED) is 0.130. The molecule has 3 aromatic carbocycles. The number of halogens is 1. The van der Waals surface area contributed by atoms with Crippen molar-refractivity contribution in [1.29, 1.82) is 0 Å². The van der Waals surface area contributed by atoms with Gasteiger partial charge in [-0.2, -0.15) is 0 Å². The fourth-order valence-electron chi connectivity index (χ4n) is 5.68. The van der Waals surface area contributed by atoms with Crippen molar-refractivity contribution in [3.63, 3.8) is 0 Å². The molecule has 0 unspecified atom stereocenters. The molecule has 0 saturated heterocycles. The van der Waals surface area contributed by atoms with Crippen molar-refractivity contribution in [2.24, 2.45) is 5.92 Å². The third kappa shape index (κ3) is 7.21. The maximum Gasteiger partial charge on any atom is 0.142 e. The summed E-state index contributed by atoms with van der Waals surface area (Å²) in [6.07, 6.45) is 9.11. The van der Waals surface area contributed by atoms with Crippen LogP contribution in [0.3, 0.4) is 0 Å². The largest absolute Gasteiger partial charge is 0.500 e. The molecule has 7 rings (SSSR count). The molecule has 0 amide bonds. The van der Waals surface area contributed by atoms with Crippen LogP contribution in [0, 0.1) is 23.9 Å². The van der Waals surface area contributed by atoms with Crippen LogP contribution in [0.25, 0.3) is 44.5 Å². The molecule has 1 saturated carbocycles. The molecule has 0 atom stereocenters. The van der Waals surface area contributed by atoms with Gasteiger partial charge in [-0.15, -0.1) is 59.7 Å². The van der Waals surface area contributed by atoms with E-state index in [0.29, 0.717) is 5.92 Å². The smallest absolute Gasteiger partial charge is 0.142 e. The van der Waals surface area contributed by atoms with E-state index < -0.39 is 8.07 Å². The molecule has 43 heavy (non-hydrogen) atoms. The van der Waals surface area contributed by atoms with Crippen LogP contribution in [0.5, 0.6) is 0 Å². The molecule has 6 heteroatoms. The van der Waals surface area contributed by atoms with Crippen LogP contribution in [0.4, 0.5) is 4.39 Å². The van der Waals surface area contributed by atoms with Gasteiger partial charge in [-0.25, -0.2) is 4.39 Å². The molecular formula is C37H35FIrN2OSi-2. The zero-order valence-corrected chi connectivity index (χ0v) is 28.2. The van der Waals surface area contributed by atoms with E-state index in [-0.39, 0.29) is 25.9 Å². The first kappa shape index (κ1) is 31.0. The van der Waals surface area contributed by atoms with Gasteiger partial charge in [-0.05, 0) is 40.5 Å². The summed E-state index contributed by atoms with van der Waals surface area (Å²) in [5, 5.41) is 3.51. The zero-order valence-electron chi connectivity index (χ0n) is 24.8. The second-order valence-corrected chi connectivity index (χ2v) is 17.3. The van der Waals surface area contributed by atoms with E-state index in [0.717, 1.165) is 56.4 Å². The van der Waals surface area contributed by atoms with Crippen LogP contribution in [-0.2, 0) is 26.5 Å². The SMILES string of the molecule is C[Si](C)(C)c1ccc(-c2[c-]cccc2)nc1.Fc1cnc(-c2[c-]cc3oc4ccccc4c3c2)cc1CC1CCCC1.[Ir]. The van der Waals surface area contributed by atoms with Crippen molar-refractivity contribution in [3.8, 4) is 22.5 Å². The molecule has 0 aliphatic heterocycles. The third-order valence-corrected chi connectivity index (χ3v) is 10.1. The second kappa shape index (κ2) is 13.5. The Balaban J connectivity index is 0.000000188. The summed E-state index contributed by atoms with van der Waals surface area (Å²) in [6, 6.07) is 32.5. The minimum absolute atomic E-state index is 0. The predicted octanol–water partition coefficient (Wildman–Crippen LogP) is 9.41. The van der Waals surface area contributed by atoms with Crippen LogP contribution in [0.1, 0.15) is 31.2 Å². The van der Waals surface area contributed by atoms with Crippen LogP contribution in [-0.4, -0.2) is 18.0 Å². The third-order valence-electron chi connectivity index (χ3n) is 8.12. The Hall–Kier alpha value is -3.44. The molecule has 0 bridgehead atoms. The molecule has 3 aromatic heterocycles. The monoisotopic (exact) mass is 763 g/mol. The number of fused-ring (bicyclic) bond motifs is 3. The Morgan fingerprint density at radius 3 is 2.30 bits per heavy atom. The topological polar surface area (TPSA) is 38.9 Å². The maximum atomic E-state index is 14.3. The molecular weight excluding hydrogens is 728 g/mol. The van der Waals surface area contributed by atoms with E-state index >= 15 is 0 Å². The minimum Gasteiger partial charge on any atom is -0.500 e. The summed E-state index contributed by atoms with van der Waals surface area (Å²) in [5.41, 5.74) is 6.15. The number of benzene rings is 3. The van der Waals surface area contributed by atoms with Crippen molar-refractivity contribution in [2.45, 2.75) is 51.7 Å². The van der Waals surface area contributed by atoms with Crippen LogP contribution >= 0.6 is 0 Å². The number of rotatable bonds is 5. The Bertz CT molecular complexity index is 1810. The Morgan fingerprint density at radius 2 is 1.58 bits per heavy atom. The second-order valence-electron chi connectivity index (χ2n) is 12.2. The van der Waals surface area contributed by atoms with Gasteiger partial charge in [0.05, 0.1) is 19.9 Å². The predicted molar refractivity (Wildman–Crippen MR) is 173 cm³/mol. The van der Waals surface area contributed by atoms with Crippen LogP contribution < -0.4 is 5.19 Å². The van der Waals surface area contributed by atoms with Gasteiger partial charge in [0.15, 0.2) is 0 Å². The molecule has 1 aliphatic carbocycles. The van der Waals surface area contributed by atoms with Crippen molar-refractivity contribution in [2.75, 3.05) is 0 Å². The van der Waals surface area contributed by atoms with Crippen molar-refractivity contribution in [3.05, 3.63) is 115 Å².